The monoisotopic (exact) mass is 778 g/mol. The SMILES string of the molecule is C=Cc1c(Oc2ccc(F)c(-c3ncc(C(N[S@](=O)C(C)(C)C)c4cccc(Br)c4)[nH]3)c2)c(F)cc2c1ccn2S(=O)(=O)c1ccc(C)cc1. The van der Waals surface area contributed by atoms with E-state index in [9.17, 15) is 12.6 Å². The standard InChI is InChI=1S/C37H33BrF2N4O4S2/c1-6-27-28-16-17-44(50(46,47)26-13-10-22(2)11-14-26)33(28)20-31(40)35(27)48-25-12-15-30(39)29(19-25)36-41-21-32(42-36)34(43-49(45)37(3,4)5)23-8-7-9-24(38)18-23/h6-21,34,43H,1H2,2-5H3,(H,41,42)/t34?,49-/m1/s1. The minimum atomic E-state index is -4.03. The second-order valence-electron chi connectivity index (χ2n) is 12.6. The summed E-state index contributed by atoms with van der Waals surface area (Å²) in [6.45, 7) is 11.2. The molecule has 2 N–H and O–H groups in total. The van der Waals surface area contributed by atoms with E-state index in [1.54, 1.807) is 24.4 Å². The number of nitrogens with one attached hydrogen (secondary N) is 2. The van der Waals surface area contributed by atoms with Crippen LogP contribution in [0.3, 0.4) is 0 Å². The maximum absolute atomic E-state index is 15.8. The number of aromatic nitrogens is 3. The van der Waals surface area contributed by atoms with Gasteiger partial charge in [-0.15, -0.1) is 0 Å². The van der Waals surface area contributed by atoms with E-state index in [-0.39, 0.29) is 38.9 Å². The zero-order valence-electron chi connectivity index (χ0n) is 27.5. The van der Waals surface area contributed by atoms with Crippen LogP contribution in [0.4, 0.5) is 8.78 Å². The number of hydrogen-bond acceptors (Lipinski definition) is 5. The Labute approximate surface area is 300 Å². The molecule has 8 nitrogen and oxygen atoms in total. The highest BCUT2D eigenvalue weighted by Crippen LogP contribution is 2.38. The molecule has 0 radical (unpaired) electrons. The molecule has 6 rings (SSSR count). The molecule has 13 heteroatoms. The Balaban J connectivity index is 1.35. The lowest BCUT2D eigenvalue weighted by molar-refractivity contribution is 0.441. The third kappa shape index (κ3) is 6.95. The Morgan fingerprint density at radius 2 is 1.78 bits per heavy atom. The Bertz CT molecular complexity index is 2380. The van der Waals surface area contributed by atoms with Gasteiger partial charge in [-0.1, -0.05) is 58.4 Å². The van der Waals surface area contributed by atoms with Gasteiger partial charge in [0.25, 0.3) is 10.0 Å². The number of fused-ring (bicyclic) bond motifs is 1. The highest BCUT2D eigenvalue weighted by Gasteiger charge is 2.27. The molecule has 0 spiro atoms. The van der Waals surface area contributed by atoms with Crippen molar-refractivity contribution in [3.05, 3.63) is 136 Å². The van der Waals surface area contributed by atoms with Gasteiger partial charge in [0.1, 0.15) is 17.4 Å². The summed E-state index contributed by atoms with van der Waals surface area (Å²) < 4.78 is 81.7. The molecule has 0 aliphatic heterocycles. The molecule has 4 aromatic carbocycles. The van der Waals surface area contributed by atoms with Gasteiger partial charge in [-0.2, -0.15) is 0 Å². The van der Waals surface area contributed by atoms with Crippen LogP contribution in [0, 0.1) is 18.6 Å². The van der Waals surface area contributed by atoms with Gasteiger partial charge < -0.3 is 9.72 Å². The first kappa shape index (κ1) is 35.4. The molecule has 0 saturated heterocycles. The number of halogens is 3. The third-order valence-corrected chi connectivity index (χ3v) is 11.7. The first-order valence-electron chi connectivity index (χ1n) is 15.4. The van der Waals surface area contributed by atoms with Crippen LogP contribution < -0.4 is 9.46 Å². The van der Waals surface area contributed by atoms with Gasteiger partial charge in [0.05, 0.1) is 49.6 Å². The van der Waals surface area contributed by atoms with Crippen LogP contribution in [-0.2, 0) is 21.0 Å². The summed E-state index contributed by atoms with van der Waals surface area (Å²) in [7, 11) is -5.49. The molecule has 1 unspecified atom stereocenters. The van der Waals surface area contributed by atoms with E-state index in [1.807, 2.05) is 52.0 Å². The molecular formula is C37H33BrF2N4O4S2. The van der Waals surface area contributed by atoms with Crippen molar-refractivity contribution in [1.82, 2.24) is 18.7 Å². The zero-order valence-corrected chi connectivity index (χ0v) is 30.7. The molecule has 50 heavy (non-hydrogen) atoms. The summed E-state index contributed by atoms with van der Waals surface area (Å²) in [6, 6.07) is 19.9. The number of H-pyrrole nitrogens is 1. The van der Waals surface area contributed by atoms with Gasteiger partial charge in [0.15, 0.2) is 11.6 Å². The highest BCUT2D eigenvalue weighted by molar-refractivity contribution is 9.10. The zero-order chi connectivity index (χ0) is 36.0. The molecule has 2 aromatic heterocycles. The quantitative estimate of drug-likeness (QED) is 0.144. The molecule has 2 heterocycles. The smallest absolute Gasteiger partial charge is 0.268 e. The van der Waals surface area contributed by atoms with E-state index in [0.717, 1.165) is 25.6 Å². The number of aromatic amines is 1. The molecule has 6 aromatic rings. The maximum atomic E-state index is 15.8. The van der Waals surface area contributed by atoms with Crippen molar-refractivity contribution in [3.8, 4) is 22.9 Å². The fourth-order valence-corrected chi connectivity index (χ4v) is 7.93. The predicted octanol–water partition coefficient (Wildman–Crippen LogP) is 9.19. The fourth-order valence-electron chi connectivity index (χ4n) is 5.34. The molecule has 0 saturated carbocycles. The largest absolute Gasteiger partial charge is 0.454 e. The van der Waals surface area contributed by atoms with Crippen LogP contribution in [0.25, 0.3) is 28.4 Å². The summed E-state index contributed by atoms with van der Waals surface area (Å²) in [5.41, 5.74) is 2.61. The van der Waals surface area contributed by atoms with Gasteiger partial charge in [-0.25, -0.2) is 35.1 Å². The molecule has 0 amide bonds. The Morgan fingerprint density at radius 1 is 1.04 bits per heavy atom. The molecule has 0 aliphatic rings. The van der Waals surface area contributed by atoms with Gasteiger partial charge in [0.2, 0.25) is 0 Å². The van der Waals surface area contributed by atoms with E-state index in [1.165, 1.54) is 42.6 Å². The number of hydrogen-bond donors (Lipinski definition) is 2. The first-order chi connectivity index (χ1) is 23.7. The van der Waals surface area contributed by atoms with Crippen molar-refractivity contribution in [2.45, 2.75) is 43.4 Å². The molecular weight excluding hydrogens is 746 g/mol. The third-order valence-electron chi connectivity index (χ3n) is 7.97. The minimum Gasteiger partial charge on any atom is -0.454 e. The first-order valence-corrected chi connectivity index (χ1v) is 18.8. The van der Waals surface area contributed by atoms with Crippen molar-refractivity contribution >= 4 is 53.9 Å². The van der Waals surface area contributed by atoms with Gasteiger partial charge in [0, 0.05) is 27.7 Å². The summed E-state index contributed by atoms with van der Waals surface area (Å²) >= 11 is 3.49. The second-order valence-corrected chi connectivity index (χ2v) is 17.3. The van der Waals surface area contributed by atoms with E-state index in [2.05, 4.69) is 37.2 Å². The fraction of sp³-hybridized carbons (Fsp3) is 0.162. The van der Waals surface area contributed by atoms with Crippen LogP contribution >= 0.6 is 15.9 Å². The van der Waals surface area contributed by atoms with E-state index < -0.39 is 43.4 Å². The normalized spacial score (nSPS) is 13.3. The summed E-state index contributed by atoms with van der Waals surface area (Å²) in [5.74, 6) is -1.39. The Hall–Kier alpha value is -4.43. The van der Waals surface area contributed by atoms with Gasteiger partial charge >= 0.3 is 0 Å². The lowest BCUT2D eigenvalue weighted by atomic mass is 10.1. The lowest BCUT2D eigenvalue weighted by Crippen LogP contribution is -2.36. The number of aryl methyl sites for hydroxylation is 1. The molecule has 258 valence electrons. The predicted molar refractivity (Wildman–Crippen MR) is 197 cm³/mol. The van der Waals surface area contributed by atoms with Crippen LogP contribution in [-0.4, -0.2) is 31.3 Å². The van der Waals surface area contributed by atoms with Gasteiger partial charge in [-0.3, -0.25) is 0 Å². The molecule has 0 fully saturated rings. The Kier molecular flexibility index (Phi) is 9.70. The molecule has 0 aliphatic carbocycles. The van der Waals surface area contributed by atoms with E-state index in [4.69, 9.17) is 4.74 Å². The lowest BCUT2D eigenvalue weighted by Gasteiger charge is -2.24. The number of benzene rings is 4. The van der Waals surface area contributed by atoms with Crippen molar-refractivity contribution in [2.75, 3.05) is 0 Å². The highest BCUT2D eigenvalue weighted by atomic mass is 79.9. The minimum absolute atomic E-state index is 0.0515. The van der Waals surface area contributed by atoms with Gasteiger partial charge in [-0.05, 0) is 81.8 Å². The summed E-state index contributed by atoms with van der Waals surface area (Å²) in [5, 5.41) is 0.392. The summed E-state index contributed by atoms with van der Waals surface area (Å²) in [6.07, 6.45) is 4.27. The number of nitrogens with zero attached hydrogens (tertiary/aromatic N) is 2. The van der Waals surface area contributed by atoms with Crippen molar-refractivity contribution in [3.63, 3.8) is 0 Å². The topological polar surface area (TPSA) is 106 Å². The van der Waals surface area contributed by atoms with Crippen LogP contribution in [0.2, 0.25) is 0 Å². The number of ether oxygens (including phenoxy) is 1. The number of imidazole rings is 1. The van der Waals surface area contributed by atoms with Crippen molar-refractivity contribution in [2.24, 2.45) is 0 Å². The van der Waals surface area contributed by atoms with Crippen molar-refractivity contribution in [1.29, 1.82) is 0 Å². The van der Waals surface area contributed by atoms with Crippen molar-refractivity contribution < 1.29 is 26.1 Å². The van der Waals surface area contributed by atoms with Crippen LogP contribution in [0.15, 0.2) is 107 Å². The second kappa shape index (κ2) is 13.7. The average molecular weight is 780 g/mol. The van der Waals surface area contributed by atoms with Crippen LogP contribution in [0.1, 0.15) is 49.2 Å². The Morgan fingerprint density at radius 3 is 2.46 bits per heavy atom. The van der Waals surface area contributed by atoms with Crippen LogP contribution in [0.5, 0.6) is 11.5 Å². The molecule has 2 atom stereocenters. The number of rotatable bonds is 10. The summed E-state index contributed by atoms with van der Waals surface area (Å²) in [4.78, 5) is 7.65. The van der Waals surface area contributed by atoms with E-state index in [0.29, 0.717) is 11.1 Å². The maximum Gasteiger partial charge on any atom is 0.268 e. The molecule has 0 bridgehead atoms. The average Bonchev–Trinajstić information content (AvgIpc) is 3.72. The van der Waals surface area contributed by atoms with E-state index >= 15 is 8.78 Å².